The van der Waals surface area contributed by atoms with Crippen LogP contribution in [0.3, 0.4) is 0 Å². The van der Waals surface area contributed by atoms with Crippen molar-refractivity contribution in [1.29, 1.82) is 5.41 Å². The van der Waals surface area contributed by atoms with Gasteiger partial charge in [0.25, 0.3) is 0 Å². The lowest BCUT2D eigenvalue weighted by atomic mass is 10.0. The van der Waals surface area contributed by atoms with Gasteiger partial charge in [-0.1, -0.05) is 30.3 Å². The van der Waals surface area contributed by atoms with E-state index in [0.717, 1.165) is 5.56 Å². The van der Waals surface area contributed by atoms with Gasteiger partial charge in [-0.05, 0) is 31.2 Å². The maximum Gasteiger partial charge on any atom is 0.490 e. The highest BCUT2D eigenvalue weighted by Crippen LogP contribution is 2.15. The number of carboxylic acid groups (broad SMARTS) is 1. The van der Waals surface area contributed by atoms with Crippen LogP contribution in [0.15, 0.2) is 35.3 Å². The fourth-order valence-corrected chi connectivity index (χ4v) is 3.62. The summed E-state index contributed by atoms with van der Waals surface area (Å²) in [4.78, 5) is 51.4. The van der Waals surface area contributed by atoms with Crippen LogP contribution in [-0.4, -0.2) is 95.0 Å². The van der Waals surface area contributed by atoms with Gasteiger partial charge in [-0.25, -0.2) is 9.59 Å². The topological polar surface area (TPSA) is 272 Å². The van der Waals surface area contributed by atoms with Crippen LogP contribution in [0.5, 0.6) is 0 Å². The zero-order chi connectivity index (χ0) is 32.6. The molecule has 0 saturated carbocycles. The predicted molar refractivity (Wildman–Crippen MR) is 146 cm³/mol. The largest absolute Gasteiger partial charge is 0.490 e. The first-order chi connectivity index (χ1) is 20.1. The summed E-state index contributed by atoms with van der Waals surface area (Å²) in [6, 6.07) is 7.41. The number of alkyl carbamates (subject to hydrolysis) is 1. The quantitative estimate of drug-likeness (QED) is 0.0812. The molecule has 1 heterocycles. The molecule has 1 fully saturated rings. The minimum absolute atomic E-state index is 0.0262. The first kappa shape index (κ1) is 36.2. The standard InChI is InChI=1S/C22H35N9O5.C2HF3O2/c23-20(24)27-10-4-8-15(30-22(35)36-13-14-6-2-1-3-7-14)18(33)28-12-17(32)29-16-9-5-11-31(19(16)34)21(25)26;3-2(4,5)1(6)7/h1-3,6-7,15-16,19,34H,4-5,8-13H2,(H3,25,26)(H,28,33)(H,29,32)(H,30,35)(H4,23,24,27);(H,6,7)/t15-,16+,19?;/m1./s1. The number of amides is 3. The number of aliphatic carboxylic acids is 1. The number of aliphatic imine (C=N–C) groups is 1. The number of benzene rings is 1. The maximum absolute atomic E-state index is 12.7. The van der Waals surface area contributed by atoms with Crippen LogP contribution in [0.2, 0.25) is 0 Å². The summed E-state index contributed by atoms with van der Waals surface area (Å²) in [6.45, 7) is 0.304. The van der Waals surface area contributed by atoms with E-state index in [9.17, 15) is 32.7 Å². The lowest BCUT2D eigenvalue weighted by molar-refractivity contribution is -0.192. The average Bonchev–Trinajstić information content (AvgIpc) is 2.93. The van der Waals surface area contributed by atoms with Gasteiger partial charge in [-0.3, -0.25) is 20.0 Å². The fourth-order valence-electron chi connectivity index (χ4n) is 3.62. The smallest absolute Gasteiger partial charge is 0.475 e. The number of nitrogens with zero attached hydrogens (tertiary/aromatic N) is 2. The molecule has 240 valence electrons. The highest BCUT2D eigenvalue weighted by molar-refractivity contribution is 5.89. The first-order valence-electron chi connectivity index (χ1n) is 12.8. The second-order valence-electron chi connectivity index (χ2n) is 9.04. The van der Waals surface area contributed by atoms with Crippen LogP contribution >= 0.6 is 0 Å². The number of aliphatic hydroxyl groups is 1. The third-order valence-electron chi connectivity index (χ3n) is 5.68. The SMILES string of the molecule is N=C(N)N1CCC[C@H](NC(=O)CNC(=O)[C@@H](CCCN=C(N)N)NC(=O)OCc2ccccc2)C1O.O=C(O)C(F)(F)F. The Bertz CT molecular complexity index is 1120. The summed E-state index contributed by atoms with van der Waals surface area (Å²) in [7, 11) is 0. The van der Waals surface area contributed by atoms with Crippen LogP contribution < -0.4 is 33.2 Å². The van der Waals surface area contributed by atoms with E-state index < -0.39 is 48.4 Å². The maximum atomic E-state index is 12.7. The Hall–Kier alpha value is -4.81. The van der Waals surface area contributed by atoms with Crippen LogP contribution in [-0.2, 0) is 25.7 Å². The number of halogens is 3. The Balaban J connectivity index is 0.00000117. The van der Waals surface area contributed by atoms with Crippen molar-refractivity contribution in [3.05, 3.63) is 35.9 Å². The Kier molecular flexibility index (Phi) is 15.1. The molecule has 1 saturated heterocycles. The first-order valence-corrected chi connectivity index (χ1v) is 12.8. The number of hydrogen-bond donors (Lipinski definition) is 9. The Labute approximate surface area is 244 Å². The summed E-state index contributed by atoms with van der Waals surface area (Å²) in [5, 5.41) is 32.6. The number of guanidine groups is 2. The normalized spacial score (nSPS) is 16.8. The number of hydrogen-bond acceptors (Lipinski definition) is 8. The van der Waals surface area contributed by atoms with Gasteiger partial charge in [0, 0.05) is 13.1 Å². The second-order valence-corrected chi connectivity index (χ2v) is 9.04. The molecule has 1 unspecified atom stereocenters. The van der Waals surface area contributed by atoms with E-state index in [1.165, 1.54) is 4.90 Å². The molecule has 1 aromatic carbocycles. The molecular weight excluding hydrogens is 583 g/mol. The van der Waals surface area contributed by atoms with Crippen molar-refractivity contribution in [3.63, 3.8) is 0 Å². The Morgan fingerprint density at radius 3 is 2.35 bits per heavy atom. The van der Waals surface area contributed by atoms with E-state index in [-0.39, 0.29) is 38.0 Å². The molecule has 0 spiro atoms. The summed E-state index contributed by atoms with van der Waals surface area (Å²) in [5.41, 5.74) is 16.9. The van der Waals surface area contributed by atoms with Crippen molar-refractivity contribution in [2.24, 2.45) is 22.2 Å². The number of likely N-dealkylation sites (tertiary alicyclic amines) is 1. The molecule has 2 rings (SSSR count). The Morgan fingerprint density at radius 1 is 1.16 bits per heavy atom. The number of ether oxygens (including phenoxy) is 1. The number of alkyl halides is 3. The van der Waals surface area contributed by atoms with Crippen molar-refractivity contribution in [3.8, 4) is 0 Å². The molecule has 3 amide bonds. The lowest BCUT2D eigenvalue weighted by Gasteiger charge is -2.38. The fraction of sp³-hybridized carbons (Fsp3) is 0.500. The molecule has 1 aromatic rings. The van der Waals surface area contributed by atoms with Gasteiger partial charge in [0.1, 0.15) is 18.9 Å². The lowest BCUT2D eigenvalue weighted by Crippen LogP contribution is -2.59. The van der Waals surface area contributed by atoms with Crippen molar-refractivity contribution in [2.45, 2.75) is 56.8 Å². The van der Waals surface area contributed by atoms with E-state index in [1.54, 1.807) is 12.1 Å². The molecule has 43 heavy (non-hydrogen) atoms. The number of nitrogens with one attached hydrogen (secondary N) is 4. The summed E-state index contributed by atoms with van der Waals surface area (Å²) < 4.78 is 36.9. The highest BCUT2D eigenvalue weighted by Gasteiger charge is 2.38. The number of piperidine rings is 1. The number of nitrogens with two attached hydrogens (primary N) is 3. The predicted octanol–water partition coefficient (Wildman–Crippen LogP) is -1.12. The molecule has 0 aromatic heterocycles. The van der Waals surface area contributed by atoms with E-state index in [4.69, 9.17) is 37.2 Å². The highest BCUT2D eigenvalue weighted by atomic mass is 19.4. The third-order valence-corrected chi connectivity index (χ3v) is 5.68. The molecular formula is C24H36F3N9O7. The van der Waals surface area contributed by atoms with Gasteiger partial charge in [0.15, 0.2) is 11.9 Å². The van der Waals surface area contributed by atoms with Gasteiger partial charge in [-0.15, -0.1) is 0 Å². The van der Waals surface area contributed by atoms with E-state index in [1.807, 2.05) is 18.2 Å². The minimum atomic E-state index is -5.08. The third kappa shape index (κ3) is 14.6. The number of carboxylic acids is 1. The van der Waals surface area contributed by atoms with E-state index in [2.05, 4.69) is 20.9 Å². The summed E-state index contributed by atoms with van der Waals surface area (Å²) in [6.07, 6.45) is -5.32. The van der Waals surface area contributed by atoms with Crippen LogP contribution in [0.4, 0.5) is 18.0 Å². The van der Waals surface area contributed by atoms with Gasteiger partial charge in [-0.2, -0.15) is 13.2 Å². The summed E-state index contributed by atoms with van der Waals surface area (Å²) >= 11 is 0. The van der Waals surface area contributed by atoms with Crippen molar-refractivity contribution < 1.29 is 47.3 Å². The van der Waals surface area contributed by atoms with Crippen molar-refractivity contribution in [1.82, 2.24) is 20.9 Å². The Morgan fingerprint density at radius 2 is 1.79 bits per heavy atom. The van der Waals surface area contributed by atoms with Crippen LogP contribution in [0, 0.1) is 5.41 Å². The average molecular weight is 620 g/mol. The number of carbonyl (C=O) groups excluding carboxylic acids is 3. The molecule has 16 nitrogen and oxygen atoms in total. The molecule has 0 radical (unpaired) electrons. The monoisotopic (exact) mass is 619 g/mol. The molecule has 1 aliphatic heterocycles. The molecule has 0 aliphatic carbocycles. The molecule has 1 aliphatic rings. The second kappa shape index (κ2) is 17.9. The molecule has 0 bridgehead atoms. The molecule has 12 N–H and O–H groups in total. The van der Waals surface area contributed by atoms with E-state index >= 15 is 0 Å². The number of rotatable bonds is 11. The molecule has 3 atom stereocenters. The molecule has 19 heteroatoms. The van der Waals surface area contributed by atoms with Crippen LogP contribution in [0.1, 0.15) is 31.2 Å². The van der Waals surface area contributed by atoms with Gasteiger partial charge >= 0.3 is 18.2 Å². The zero-order valence-electron chi connectivity index (χ0n) is 23.0. The zero-order valence-corrected chi connectivity index (χ0v) is 23.0. The van der Waals surface area contributed by atoms with Crippen LogP contribution in [0.25, 0.3) is 0 Å². The van der Waals surface area contributed by atoms with Gasteiger partial charge in [0.05, 0.1) is 12.6 Å². The van der Waals surface area contributed by atoms with E-state index in [0.29, 0.717) is 25.8 Å². The number of aliphatic hydroxyl groups excluding tert-OH is 1. The van der Waals surface area contributed by atoms with Crippen molar-refractivity contribution >= 4 is 35.8 Å². The minimum Gasteiger partial charge on any atom is -0.475 e. The van der Waals surface area contributed by atoms with Gasteiger partial charge < -0.3 is 53.0 Å². The summed E-state index contributed by atoms with van der Waals surface area (Å²) in [5.74, 6) is -4.27. The number of carbonyl (C=O) groups is 4. The van der Waals surface area contributed by atoms with Gasteiger partial charge in [0.2, 0.25) is 11.8 Å². The van der Waals surface area contributed by atoms with Crippen molar-refractivity contribution in [2.75, 3.05) is 19.6 Å².